The molecule has 0 aliphatic rings. The molecule has 0 spiro atoms. The van der Waals surface area contributed by atoms with Crippen molar-refractivity contribution in [1.82, 2.24) is 4.90 Å². The minimum atomic E-state index is -0.255. The Morgan fingerprint density at radius 1 is 1.19 bits per heavy atom. The van der Waals surface area contributed by atoms with Crippen LogP contribution in [0.1, 0.15) is 50.6 Å². The van der Waals surface area contributed by atoms with Gasteiger partial charge in [-0.05, 0) is 44.0 Å². The maximum atomic E-state index is 12.9. The van der Waals surface area contributed by atoms with Gasteiger partial charge in [-0.1, -0.05) is 25.0 Å². The second kappa shape index (κ2) is 10.6. The molecule has 0 aliphatic heterocycles. The first-order valence-corrected chi connectivity index (χ1v) is 7.27. The first-order chi connectivity index (χ1) is 9.56. The molecule has 1 amide bonds. The van der Waals surface area contributed by atoms with E-state index in [1.54, 1.807) is 24.1 Å². The average molecular weight is 317 g/mol. The van der Waals surface area contributed by atoms with Crippen LogP contribution in [0.4, 0.5) is 4.39 Å². The van der Waals surface area contributed by atoms with Crippen LogP contribution in [0.5, 0.6) is 0 Å². The number of benzene rings is 1. The number of rotatable bonds is 8. The first-order valence-electron chi connectivity index (χ1n) is 7.27. The summed E-state index contributed by atoms with van der Waals surface area (Å²) in [6.45, 7) is 2.68. The molecule has 0 aliphatic carbocycles. The number of carbonyl (C=O) groups excluding carboxylic acids is 1. The molecule has 1 aromatic carbocycles. The lowest BCUT2D eigenvalue weighted by Gasteiger charge is -2.25. The third-order valence-corrected chi connectivity index (χ3v) is 3.67. The molecule has 0 heterocycles. The van der Waals surface area contributed by atoms with E-state index in [0.29, 0.717) is 6.42 Å². The van der Waals surface area contributed by atoms with Crippen LogP contribution >= 0.6 is 12.4 Å². The molecule has 120 valence electrons. The summed E-state index contributed by atoms with van der Waals surface area (Å²) in [5.74, 6) is -0.121. The predicted octanol–water partition coefficient (Wildman–Crippen LogP) is 3.68. The maximum Gasteiger partial charge on any atom is 0.222 e. The van der Waals surface area contributed by atoms with E-state index in [9.17, 15) is 9.18 Å². The Hall–Kier alpha value is -1.13. The van der Waals surface area contributed by atoms with E-state index in [1.807, 2.05) is 6.92 Å². The van der Waals surface area contributed by atoms with Gasteiger partial charge in [-0.25, -0.2) is 4.39 Å². The lowest BCUT2D eigenvalue weighted by Crippen LogP contribution is -2.29. The van der Waals surface area contributed by atoms with E-state index in [2.05, 4.69) is 0 Å². The number of nitrogens with zero attached hydrogens (tertiary/aromatic N) is 1. The third kappa shape index (κ3) is 6.91. The Kier molecular flexibility index (Phi) is 10.0. The fourth-order valence-corrected chi connectivity index (χ4v) is 2.13. The molecule has 0 saturated carbocycles. The SMILES string of the molecule is CC(c1ccc(F)cc1)N(C)C(=O)CCCCCCN.Cl. The highest BCUT2D eigenvalue weighted by Gasteiger charge is 2.16. The van der Waals surface area contributed by atoms with E-state index in [4.69, 9.17) is 5.73 Å². The molecule has 21 heavy (non-hydrogen) atoms. The van der Waals surface area contributed by atoms with Gasteiger partial charge in [0.05, 0.1) is 6.04 Å². The highest BCUT2D eigenvalue weighted by atomic mass is 35.5. The summed E-state index contributed by atoms with van der Waals surface area (Å²) in [7, 11) is 1.80. The molecule has 2 N–H and O–H groups in total. The van der Waals surface area contributed by atoms with Crippen molar-refractivity contribution in [1.29, 1.82) is 0 Å². The van der Waals surface area contributed by atoms with Gasteiger partial charge in [0.25, 0.3) is 0 Å². The van der Waals surface area contributed by atoms with E-state index in [-0.39, 0.29) is 30.2 Å². The number of hydrogen-bond donors (Lipinski definition) is 1. The molecular weight excluding hydrogens is 291 g/mol. The van der Waals surface area contributed by atoms with Crippen molar-refractivity contribution in [3.05, 3.63) is 35.6 Å². The average Bonchev–Trinajstić information content (AvgIpc) is 2.46. The molecule has 0 radical (unpaired) electrons. The topological polar surface area (TPSA) is 46.3 Å². The zero-order valence-electron chi connectivity index (χ0n) is 12.8. The van der Waals surface area contributed by atoms with Gasteiger partial charge in [-0.15, -0.1) is 12.4 Å². The highest BCUT2D eigenvalue weighted by molar-refractivity contribution is 5.85. The van der Waals surface area contributed by atoms with E-state index >= 15 is 0 Å². The van der Waals surface area contributed by atoms with Gasteiger partial charge in [0.15, 0.2) is 0 Å². The molecule has 1 rings (SSSR count). The Morgan fingerprint density at radius 2 is 1.76 bits per heavy atom. The minimum absolute atomic E-state index is 0. The van der Waals surface area contributed by atoms with Crippen molar-refractivity contribution in [2.24, 2.45) is 5.73 Å². The number of carbonyl (C=O) groups is 1. The molecule has 0 aromatic heterocycles. The normalized spacial score (nSPS) is 11.6. The van der Waals surface area contributed by atoms with Gasteiger partial charge in [-0.2, -0.15) is 0 Å². The molecular formula is C16H26ClFN2O. The molecule has 1 unspecified atom stereocenters. The molecule has 5 heteroatoms. The third-order valence-electron chi connectivity index (χ3n) is 3.67. The number of unbranched alkanes of at least 4 members (excludes halogenated alkanes) is 3. The Balaban J connectivity index is 0.00000400. The van der Waals surface area contributed by atoms with Crippen LogP contribution < -0.4 is 5.73 Å². The highest BCUT2D eigenvalue weighted by Crippen LogP contribution is 2.20. The van der Waals surface area contributed by atoms with Crippen LogP contribution in [-0.2, 0) is 4.79 Å². The number of nitrogens with two attached hydrogens (primary N) is 1. The first kappa shape index (κ1) is 19.9. The van der Waals surface area contributed by atoms with Gasteiger partial charge >= 0.3 is 0 Å². The molecule has 0 fully saturated rings. The fourth-order valence-electron chi connectivity index (χ4n) is 2.13. The Morgan fingerprint density at radius 3 is 2.33 bits per heavy atom. The van der Waals surface area contributed by atoms with E-state index in [1.165, 1.54) is 12.1 Å². The maximum absolute atomic E-state index is 12.9. The predicted molar refractivity (Wildman–Crippen MR) is 87.0 cm³/mol. The summed E-state index contributed by atoms with van der Waals surface area (Å²) >= 11 is 0. The zero-order valence-corrected chi connectivity index (χ0v) is 13.7. The Labute approximate surface area is 133 Å². The number of amides is 1. The van der Waals surface area contributed by atoms with Gasteiger partial charge in [0.1, 0.15) is 5.82 Å². The second-order valence-electron chi connectivity index (χ2n) is 5.19. The summed E-state index contributed by atoms with van der Waals surface area (Å²) in [5.41, 5.74) is 6.38. The van der Waals surface area contributed by atoms with Crippen LogP contribution in [0.15, 0.2) is 24.3 Å². The Bertz CT molecular complexity index is 411. The summed E-state index contributed by atoms with van der Waals surface area (Å²) in [6, 6.07) is 6.27. The van der Waals surface area contributed by atoms with Crippen molar-refractivity contribution >= 4 is 18.3 Å². The van der Waals surface area contributed by atoms with Crippen molar-refractivity contribution in [3.8, 4) is 0 Å². The summed E-state index contributed by atoms with van der Waals surface area (Å²) < 4.78 is 12.9. The molecule has 0 bridgehead atoms. The van der Waals surface area contributed by atoms with Crippen molar-refractivity contribution in [3.63, 3.8) is 0 Å². The zero-order chi connectivity index (χ0) is 15.0. The van der Waals surface area contributed by atoms with Gasteiger partial charge < -0.3 is 10.6 Å². The van der Waals surface area contributed by atoms with Gasteiger partial charge in [0.2, 0.25) is 5.91 Å². The van der Waals surface area contributed by atoms with Crippen molar-refractivity contribution in [2.45, 2.75) is 45.1 Å². The van der Waals surface area contributed by atoms with E-state index in [0.717, 1.165) is 37.8 Å². The molecule has 0 saturated heterocycles. The van der Waals surface area contributed by atoms with E-state index < -0.39 is 0 Å². The van der Waals surface area contributed by atoms with Crippen LogP contribution in [0.3, 0.4) is 0 Å². The van der Waals surface area contributed by atoms with Gasteiger partial charge in [-0.3, -0.25) is 4.79 Å². The van der Waals surface area contributed by atoms with Gasteiger partial charge in [0, 0.05) is 13.5 Å². The van der Waals surface area contributed by atoms with Crippen LogP contribution in [-0.4, -0.2) is 24.4 Å². The number of hydrogen-bond acceptors (Lipinski definition) is 2. The van der Waals surface area contributed by atoms with Crippen molar-refractivity contribution in [2.75, 3.05) is 13.6 Å². The molecule has 1 atom stereocenters. The molecule has 1 aromatic rings. The molecule has 3 nitrogen and oxygen atoms in total. The lowest BCUT2D eigenvalue weighted by molar-refractivity contribution is -0.131. The van der Waals surface area contributed by atoms with Crippen LogP contribution in [0.25, 0.3) is 0 Å². The fraction of sp³-hybridized carbons (Fsp3) is 0.562. The monoisotopic (exact) mass is 316 g/mol. The summed E-state index contributed by atoms with van der Waals surface area (Å²) in [6.07, 6.45) is 4.62. The number of halogens is 2. The largest absolute Gasteiger partial charge is 0.339 e. The quantitative estimate of drug-likeness (QED) is 0.744. The smallest absolute Gasteiger partial charge is 0.222 e. The summed E-state index contributed by atoms with van der Waals surface area (Å²) in [5, 5.41) is 0. The lowest BCUT2D eigenvalue weighted by atomic mass is 10.1. The minimum Gasteiger partial charge on any atom is -0.339 e. The van der Waals surface area contributed by atoms with Crippen LogP contribution in [0.2, 0.25) is 0 Å². The van der Waals surface area contributed by atoms with Crippen LogP contribution in [0, 0.1) is 5.82 Å². The second-order valence-corrected chi connectivity index (χ2v) is 5.19. The standard InChI is InChI=1S/C16H25FN2O.ClH/c1-13(14-8-10-15(17)11-9-14)19(2)16(20)7-5-3-4-6-12-18;/h8-11,13H,3-7,12,18H2,1-2H3;1H. The van der Waals surface area contributed by atoms with Crippen molar-refractivity contribution < 1.29 is 9.18 Å². The summed E-state index contributed by atoms with van der Waals surface area (Å²) in [4.78, 5) is 13.8.